The first-order chi connectivity index (χ1) is 12.7. The zero-order valence-corrected chi connectivity index (χ0v) is 16.8. The molecule has 27 heavy (non-hydrogen) atoms. The number of hydrogen-bond donors (Lipinski definition) is 0. The Morgan fingerprint density at radius 3 is 2.33 bits per heavy atom. The van der Waals surface area contributed by atoms with Gasteiger partial charge in [0.25, 0.3) is 5.91 Å². The van der Waals surface area contributed by atoms with E-state index in [1.165, 1.54) is 0 Å². The lowest BCUT2D eigenvalue weighted by Gasteiger charge is -2.29. The second kappa shape index (κ2) is 8.90. The summed E-state index contributed by atoms with van der Waals surface area (Å²) in [5.74, 6) is 0.794. The zero-order chi connectivity index (χ0) is 20.0. The smallest absolute Gasteiger partial charge is 0.306 e. The topological polar surface area (TPSA) is 72.9 Å². The van der Waals surface area contributed by atoms with Gasteiger partial charge in [-0.05, 0) is 49.2 Å². The Labute approximate surface area is 160 Å². The fraction of sp³-hybridized carbons (Fsp3) is 0.350. The monoisotopic (exact) mass is 391 g/mol. The maximum atomic E-state index is 13.0. The van der Waals surface area contributed by atoms with Gasteiger partial charge in [-0.1, -0.05) is 25.1 Å². The summed E-state index contributed by atoms with van der Waals surface area (Å²) in [7, 11) is -2.00. The van der Waals surface area contributed by atoms with Crippen LogP contribution < -0.4 is 8.92 Å². The van der Waals surface area contributed by atoms with Crippen molar-refractivity contribution in [2.75, 3.05) is 13.4 Å². The Morgan fingerprint density at radius 1 is 1.11 bits per heavy atom. The second-order valence-electron chi connectivity index (χ2n) is 6.35. The van der Waals surface area contributed by atoms with Crippen LogP contribution in [0, 0.1) is 0 Å². The molecule has 2 aromatic rings. The standard InChI is InChI=1S/C20H25NO5S/c1-5-15(2)21(20(22)17-7-6-8-19(13-17)25-3)14-16-9-11-18(12-10-16)26-27(4,23)24/h6-13,15H,5,14H2,1-4H3/t15-/m0/s1. The van der Waals surface area contributed by atoms with Crippen LogP contribution in [0.4, 0.5) is 0 Å². The first-order valence-corrected chi connectivity index (χ1v) is 10.5. The molecule has 0 aromatic heterocycles. The van der Waals surface area contributed by atoms with Crippen molar-refractivity contribution in [2.24, 2.45) is 0 Å². The van der Waals surface area contributed by atoms with E-state index in [0.29, 0.717) is 17.9 Å². The third-order valence-electron chi connectivity index (χ3n) is 4.22. The minimum atomic E-state index is -3.56. The maximum absolute atomic E-state index is 13.0. The number of carbonyl (C=O) groups excluding carboxylic acids is 1. The van der Waals surface area contributed by atoms with Crippen molar-refractivity contribution in [1.82, 2.24) is 4.90 Å². The van der Waals surface area contributed by atoms with Gasteiger partial charge in [0.05, 0.1) is 13.4 Å². The lowest BCUT2D eigenvalue weighted by Crippen LogP contribution is -2.37. The first-order valence-electron chi connectivity index (χ1n) is 8.67. The Balaban J connectivity index is 2.22. The summed E-state index contributed by atoms with van der Waals surface area (Å²) in [5, 5.41) is 0. The molecule has 0 heterocycles. The highest BCUT2D eigenvalue weighted by atomic mass is 32.2. The van der Waals surface area contributed by atoms with E-state index >= 15 is 0 Å². The quantitative estimate of drug-likeness (QED) is 0.644. The Bertz CT molecular complexity index is 878. The molecule has 0 bridgehead atoms. The Morgan fingerprint density at radius 2 is 1.78 bits per heavy atom. The molecule has 0 spiro atoms. The van der Waals surface area contributed by atoms with Crippen molar-refractivity contribution < 1.29 is 22.1 Å². The largest absolute Gasteiger partial charge is 0.497 e. The summed E-state index contributed by atoms with van der Waals surface area (Å²) in [6.45, 7) is 4.43. The highest BCUT2D eigenvalue weighted by Gasteiger charge is 2.21. The van der Waals surface area contributed by atoms with Gasteiger partial charge in [-0.15, -0.1) is 0 Å². The van der Waals surface area contributed by atoms with E-state index in [0.717, 1.165) is 18.2 Å². The van der Waals surface area contributed by atoms with Crippen molar-refractivity contribution in [3.63, 3.8) is 0 Å². The first kappa shape index (κ1) is 20.8. The third kappa shape index (κ3) is 5.99. The van der Waals surface area contributed by atoms with Crippen molar-refractivity contribution in [3.05, 3.63) is 59.7 Å². The van der Waals surface area contributed by atoms with Gasteiger partial charge in [0.2, 0.25) is 0 Å². The van der Waals surface area contributed by atoms with Crippen molar-refractivity contribution in [1.29, 1.82) is 0 Å². The molecule has 2 aromatic carbocycles. The van der Waals surface area contributed by atoms with Crippen molar-refractivity contribution >= 4 is 16.0 Å². The molecule has 0 saturated carbocycles. The summed E-state index contributed by atoms with van der Waals surface area (Å²) in [4.78, 5) is 14.8. The van der Waals surface area contributed by atoms with Crippen LogP contribution in [0.5, 0.6) is 11.5 Å². The van der Waals surface area contributed by atoms with Crippen LogP contribution in [-0.2, 0) is 16.7 Å². The maximum Gasteiger partial charge on any atom is 0.306 e. The van der Waals surface area contributed by atoms with Gasteiger partial charge in [0.15, 0.2) is 0 Å². The molecule has 0 N–H and O–H groups in total. The van der Waals surface area contributed by atoms with Gasteiger partial charge in [-0.2, -0.15) is 8.42 Å². The highest BCUT2D eigenvalue weighted by molar-refractivity contribution is 7.86. The Hall–Kier alpha value is -2.54. The zero-order valence-electron chi connectivity index (χ0n) is 16.0. The van der Waals surface area contributed by atoms with Crippen LogP contribution in [-0.4, -0.2) is 38.6 Å². The molecule has 0 saturated heterocycles. The van der Waals surface area contributed by atoms with Gasteiger partial charge in [0.1, 0.15) is 11.5 Å². The van der Waals surface area contributed by atoms with Gasteiger partial charge in [-0.3, -0.25) is 4.79 Å². The molecule has 7 heteroatoms. The van der Waals surface area contributed by atoms with Gasteiger partial charge >= 0.3 is 10.1 Å². The molecule has 1 amide bonds. The summed E-state index contributed by atoms with van der Waals surface area (Å²) >= 11 is 0. The number of benzene rings is 2. The number of rotatable bonds is 8. The number of nitrogens with zero attached hydrogens (tertiary/aromatic N) is 1. The summed E-state index contributed by atoms with van der Waals surface area (Å²) in [5.41, 5.74) is 1.44. The van der Waals surface area contributed by atoms with E-state index < -0.39 is 10.1 Å². The van der Waals surface area contributed by atoms with E-state index in [4.69, 9.17) is 8.92 Å². The van der Waals surface area contributed by atoms with Crippen LogP contribution in [0.2, 0.25) is 0 Å². The molecule has 0 unspecified atom stereocenters. The predicted molar refractivity (Wildman–Crippen MR) is 105 cm³/mol. The van der Waals surface area contributed by atoms with Gasteiger partial charge in [-0.25, -0.2) is 0 Å². The molecule has 0 aliphatic carbocycles. The lowest BCUT2D eigenvalue weighted by atomic mass is 10.1. The van der Waals surface area contributed by atoms with Crippen LogP contribution in [0.3, 0.4) is 0 Å². The number of methoxy groups -OCH3 is 1. The van der Waals surface area contributed by atoms with E-state index in [-0.39, 0.29) is 17.7 Å². The molecular weight excluding hydrogens is 366 g/mol. The molecule has 0 aliphatic rings. The third-order valence-corrected chi connectivity index (χ3v) is 4.72. The predicted octanol–water partition coefficient (Wildman–Crippen LogP) is 3.47. The number of hydrogen-bond acceptors (Lipinski definition) is 5. The SMILES string of the molecule is CC[C@H](C)N(Cc1ccc(OS(C)(=O)=O)cc1)C(=O)c1cccc(OC)c1. The summed E-state index contributed by atoms with van der Waals surface area (Å²) < 4.78 is 32.5. The highest BCUT2D eigenvalue weighted by Crippen LogP contribution is 2.20. The lowest BCUT2D eigenvalue weighted by molar-refractivity contribution is 0.0671. The van der Waals surface area contributed by atoms with Crippen molar-refractivity contribution in [3.8, 4) is 11.5 Å². The molecule has 1 atom stereocenters. The van der Waals surface area contributed by atoms with E-state index in [9.17, 15) is 13.2 Å². The van der Waals surface area contributed by atoms with E-state index in [2.05, 4.69) is 0 Å². The fourth-order valence-electron chi connectivity index (χ4n) is 2.59. The van der Waals surface area contributed by atoms with Crippen LogP contribution in [0.25, 0.3) is 0 Å². The summed E-state index contributed by atoms with van der Waals surface area (Å²) in [6, 6.07) is 13.8. The van der Waals surface area contributed by atoms with Gasteiger partial charge < -0.3 is 13.8 Å². The average Bonchev–Trinajstić information content (AvgIpc) is 2.65. The van der Waals surface area contributed by atoms with Gasteiger partial charge in [0, 0.05) is 18.2 Å². The minimum absolute atomic E-state index is 0.0376. The number of ether oxygens (including phenoxy) is 1. The summed E-state index contributed by atoms with van der Waals surface area (Å²) in [6.07, 6.45) is 1.81. The van der Waals surface area contributed by atoms with E-state index in [1.807, 2.05) is 13.8 Å². The fourth-order valence-corrected chi connectivity index (χ4v) is 3.05. The van der Waals surface area contributed by atoms with Crippen LogP contribution >= 0.6 is 0 Å². The molecule has 0 fully saturated rings. The normalized spacial score (nSPS) is 12.3. The van der Waals surface area contributed by atoms with Crippen LogP contribution in [0.1, 0.15) is 36.2 Å². The molecule has 0 radical (unpaired) electrons. The minimum Gasteiger partial charge on any atom is -0.497 e. The number of carbonyl (C=O) groups is 1. The van der Waals surface area contributed by atoms with Crippen LogP contribution in [0.15, 0.2) is 48.5 Å². The number of amides is 1. The molecule has 146 valence electrons. The molecule has 0 aliphatic heterocycles. The average molecular weight is 391 g/mol. The molecule has 2 rings (SSSR count). The van der Waals surface area contributed by atoms with Crippen molar-refractivity contribution in [2.45, 2.75) is 32.9 Å². The molecular formula is C20H25NO5S. The Kier molecular flexibility index (Phi) is 6.85. The molecule has 6 nitrogen and oxygen atoms in total. The second-order valence-corrected chi connectivity index (χ2v) is 7.93. The van der Waals surface area contributed by atoms with E-state index in [1.54, 1.807) is 60.5 Å².